The maximum Gasteiger partial charge on any atom is 0.340 e. The lowest BCUT2D eigenvalue weighted by Crippen LogP contribution is -2.28. The molecule has 0 aliphatic carbocycles. The third-order valence-corrected chi connectivity index (χ3v) is 4.24. The monoisotopic (exact) mass is 337 g/mol. The van der Waals surface area contributed by atoms with Crippen LogP contribution >= 0.6 is 0 Å². The van der Waals surface area contributed by atoms with E-state index in [9.17, 15) is 9.18 Å². The molecule has 0 amide bonds. The molecule has 3 aromatic rings. The Hall–Kier alpha value is -2.92. The lowest BCUT2D eigenvalue weighted by Gasteiger charge is -2.27. The molecule has 5 heteroatoms. The van der Waals surface area contributed by atoms with Crippen LogP contribution in [0.5, 0.6) is 0 Å². The number of furan rings is 1. The standard InChI is InChI=1S/C20H16FNO3/c21-15-9-7-14(8-10-15)12-22(13-16-4-3-11-24-16)19-17-5-1-2-6-18(17)20(23)25-19/h1-11,19H,12-13H2. The summed E-state index contributed by atoms with van der Waals surface area (Å²) in [7, 11) is 0. The van der Waals surface area contributed by atoms with Crippen LogP contribution in [0.2, 0.25) is 0 Å². The topological polar surface area (TPSA) is 42.7 Å². The van der Waals surface area contributed by atoms with Crippen LogP contribution in [0.25, 0.3) is 0 Å². The Kier molecular flexibility index (Phi) is 4.07. The van der Waals surface area contributed by atoms with Crippen LogP contribution in [0.4, 0.5) is 4.39 Å². The summed E-state index contributed by atoms with van der Waals surface area (Å²) in [6.07, 6.45) is 1.11. The highest BCUT2D eigenvalue weighted by Gasteiger charge is 2.35. The summed E-state index contributed by atoms with van der Waals surface area (Å²) in [6.45, 7) is 0.962. The van der Waals surface area contributed by atoms with Crippen molar-refractivity contribution >= 4 is 5.97 Å². The van der Waals surface area contributed by atoms with Crippen molar-refractivity contribution in [2.24, 2.45) is 0 Å². The highest BCUT2D eigenvalue weighted by Crippen LogP contribution is 2.35. The fraction of sp³-hybridized carbons (Fsp3) is 0.150. The number of rotatable bonds is 5. The zero-order valence-corrected chi connectivity index (χ0v) is 13.4. The van der Waals surface area contributed by atoms with Gasteiger partial charge in [-0.2, -0.15) is 0 Å². The molecular weight excluding hydrogens is 321 g/mol. The summed E-state index contributed by atoms with van der Waals surface area (Å²) >= 11 is 0. The Morgan fingerprint density at radius 2 is 1.76 bits per heavy atom. The number of carbonyl (C=O) groups excluding carboxylic acids is 1. The molecule has 0 bridgehead atoms. The molecule has 1 aromatic heterocycles. The summed E-state index contributed by atoms with van der Waals surface area (Å²) in [5.41, 5.74) is 2.34. The van der Waals surface area contributed by atoms with Gasteiger partial charge in [-0.25, -0.2) is 9.18 Å². The van der Waals surface area contributed by atoms with Gasteiger partial charge in [0.15, 0.2) is 6.23 Å². The zero-order chi connectivity index (χ0) is 17.2. The van der Waals surface area contributed by atoms with Gasteiger partial charge in [-0.05, 0) is 35.9 Å². The van der Waals surface area contributed by atoms with Gasteiger partial charge in [-0.1, -0.05) is 30.3 Å². The Balaban J connectivity index is 1.65. The van der Waals surface area contributed by atoms with Gasteiger partial charge in [0.1, 0.15) is 11.6 Å². The Morgan fingerprint density at radius 3 is 2.52 bits per heavy atom. The number of halogens is 1. The summed E-state index contributed by atoms with van der Waals surface area (Å²) in [4.78, 5) is 14.2. The van der Waals surface area contributed by atoms with Crippen LogP contribution in [0, 0.1) is 5.82 Å². The van der Waals surface area contributed by atoms with Crippen molar-refractivity contribution in [3.63, 3.8) is 0 Å². The van der Waals surface area contributed by atoms with E-state index in [1.165, 1.54) is 12.1 Å². The van der Waals surface area contributed by atoms with Crippen LogP contribution in [-0.4, -0.2) is 10.9 Å². The van der Waals surface area contributed by atoms with Crippen LogP contribution in [-0.2, 0) is 17.8 Å². The average Bonchev–Trinajstić information content (AvgIpc) is 3.25. The molecule has 1 aliphatic rings. The molecule has 25 heavy (non-hydrogen) atoms. The molecule has 0 radical (unpaired) electrons. The van der Waals surface area contributed by atoms with Crippen LogP contribution in [0.1, 0.15) is 33.5 Å². The lowest BCUT2D eigenvalue weighted by molar-refractivity contribution is -0.0335. The van der Waals surface area contributed by atoms with Crippen molar-refractivity contribution in [1.29, 1.82) is 0 Å². The first kappa shape index (κ1) is 15.6. The third-order valence-electron chi connectivity index (χ3n) is 4.24. The molecule has 4 nitrogen and oxygen atoms in total. The zero-order valence-electron chi connectivity index (χ0n) is 13.4. The molecule has 0 saturated heterocycles. The molecule has 126 valence electrons. The second-order valence-electron chi connectivity index (χ2n) is 5.96. The smallest absolute Gasteiger partial charge is 0.340 e. The van der Waals surface area contributed by atoms with Crippen molar-refractivity contribution in [3.8, 4) is 0 Å². The molecule has 4 rings (SSSR count). The average molecular weight is 337 g/mol. The first-order valence-corrected chi connectivity index (χ1v) is 8.01. The van der Waals surface area contributed by atoms with Crippen LogP contribution < -0.4 is 0 Å². The molecule has 2 heterocycles. The van der Waals surface area contributed by atoms with Gasteiger partial charge in [0.25, 0.3) is 0 Å². The van der Waals surface area contributed by atoms with E-state index in [1.807, 2.05) is 35.2 Å². The number of ether oxygens (including phenoxy) is 1. The first-order valence-electron chi connectivity index (χ1n) is 8.01. The van der Waals surface area contributed by atoms with E-state index in [-0.39, 0.29) is 11.8 Å². The number of carbonyl (C=O) groups is 1. The predicted molar refractivity (Wildman–Crippen MR) is 89.0 cm³/mol. The van der Waals surface area contributed by atoms with Crippen molar-refractivity contribution in [2.75, 3.05) is 0 Å². The molecule has 1 aliphatic heterocycles. The van der Waals surface area contributed by atoms with Gasteiger partial charge in [-0.3, -0.25) is 4.90 Å². The maximum absolute atomic E-state index is 13.2. The predicted octanol–water partition coefficient (Wildman–Crippen LogP) is 4.29. The molecule has 2 aromatic carbocycles. The van der Waals surface area contributed by atoms with E-state index >= 15 is 0 Å². The van der Waals surface area contributed by atoms with E-state index in [1.54, 1.807) is 24.5 Å². The Bertz CT molecular complexity index is 874. The number of hydrogen-bond acceptors (Lipinski definition) is 4. The Morgan fingerprint density at radius 1 is 0.960 bits per heavy atom. The fourth-order valence-corrected chi connectivity index (χ4v) is 3.05. The van der Waals surface area contributed by atoms with Gasteiger partial charge in [0.2, 0.25) is 0 Å². The van der Waals surface area contributed by atoms with Gasteiger partial charge in [-0.15, -0.1) is 0 Å². The second-order valence-corrected chi connectivity index (χ2v) is 5.96. The number of nitrogens with zero attached hydrogens (tertiary/aromatic N) is 1. The normalized spacial score (nSPS) is 16.1. The quantitative estimate of drug-likeness (QED) is 0.652. The van der Waals surface area contributed by atoms with Crippen molar-refractivity contribution in [2.45, 2.75) is 19.3 Å². The Labute approximate surface area is 144 Å². The van der Waals surface area contributed by atoms with E-state index in [0.717, 1.165) is 16.9 Å². The summed E-state index contributed by atoms with van der Waals surface area (Å²) in [5.74, 6) is 0.158. The van der Waals surface area contributed by atoms with Crippen LogP contribution in [0.15, 0.2) is 71.3 Å². The largest absolute Gasteiger partial charge is 0.468 e. The van der Waals surface area contributed by atoms with Crippen LogP contribution in [0.3, 0.4) is 0 Å². The molecule has 0 spiro atoms. The molecule has 0 fully saturated rings. The number of esters is 1. The minimum atomic E-state index is -0.501. The third kappa shape index (κ3) is 3.19. The van der Waals surface area contributed by atoms with Gasteiger partial charge in [0, 0.05) is 12.1 Å². The second kappa shape index (κ2) is 6.53. The first-order chi connectivity index (χ1) is 12.2. The van der Waals surface area contributed by atoms with E-state index in [0.29, 0.717) is 18.7 Å². The van der Waals surface area contributed by atoms with Gasteiger partial charge < -0.3 is 9.15 Å². The molecule has 0 saturated carbocycles. The van der Waals surface area contributed by atoms with E-state index < -0.39 is 6.23 Å². The molecule has 1 atom stereocenters. The fourth-order valence-electron chi connectivity index (χ4n) is 3.05. The van der Waals surface area contributed by atoms with Crippen molar-refractivity contribution in [1.82, 2.24) is 4.90 Å². The highest BCUT2D eigenvalue weighted by molar-refractivity contribution is 5.93. The number of hydrogen-bond donors (Lipinski definition) is 0. The minimum absolute atomic E-state index is 0.279. The summed E-state index contributed by atoms with van der Waals surface area (Å²) in [5, 5.41) is 0. The minimum Gasteiger partial charge on any atom is -0.468 e. The van der Waals surface area contributed by atoms with Crippen molar-refractivity contribution in [3.05, 3.63) is 95.2 Å². The van der Waals surface area contributed by atoms with E-state index in [4.69, 9.17) is 9.15 Å². The SMILES string of the molecule is O=C1OC(N(Cc2ccc(F)cc2)Cc2ccco2)c2ccccc21. The molecule has 0 N–H and O–H groups in total. The number of benzene rings is 2. The van der Waals surface area contributed by atoms with E-state index in [2.05, 4.69) is 0 Å². The van der Waals surface area contributed by atoms with Gasteiger partial charge in [0.05, 0.1) is 18.4 Å². The molecule has 1 unspecified atom stereocenters. The van der Waals surface area contributed by atoms with Gasteiger partial charge >= 0.3 is 5.97 Å². The highest BCUT2D eigenvalue weighted by atomic mass is 19.1. The number of cyclic esters (lactones) is 1. The maximum atomic E-state index is 13.2. The summed E-state index contributed by atoms with van der Waals surface area (Å²) < 4.78 is 24.2. The van der Waals surface area contributed by atoms with Crippen molar-refractivity contribution < 1.29 is 18.3 Å². The number of fused-ring (bicyclic) bond motifs is 1. The lowest BCUT2D eigenvalue weighted by atomic mass is 10.1. The molecular formula is C20H16FNO3. The summed E-state index contributed by atoms with van der Waals surface area (Å²) in [6, 6.07) is 17.4.